The van der Waals surface area contributed by atoms with Gasteiger partial charge in [0.1, 0.15) is 0 Å². The van der Waals surface area contributed by atoms with Gasteiger partial charge in [-0.25, -0.2) is 4.79 Å². The molecule has 0 aliphatic heterocycles. The summed E-state index contributed by atoms with van der Waals surface area (Å²) >= 11 is 0. The summed E-state index contributed by atoms with van der Waals surface area (Å²) in [5.41, 5.74) is 0.0797. The fourth-order valence-corrected chi connectivity index (χ4v) is 0.546. The topological polar surface area (TPSA) is 26.3 Å². The third-order valence-electron chi connectivity index (χ3n) is 1.11. The lowest BCUT2D eigenvalue weighted by Gasteiger charge is -2.16. The van der Waals surface area contributed by atoms with E-state index in [1.165, 1.54) is 6.08 Å². The molecule has 0 saturated carbocycles. The van der Waals surface area contributed by atoms with E-state index in [2.05, 4.69) is 5.92 Å². The number of hydrogen-bond donors (Lipinski definition) is 0. The maximum atomic E-state index is 11.0. The average molecular weight is 166 g/mol. The van der Waals surface area contributed by atoms with Crippen molar-refractivity contribution < 1.29 is 9.53 Å². The molecule has 0 saturated heterocycles. The summed E-state index contributed by atoms with van der Waals surface area (Å²) in [5.74, 6) is 1.98. The van der Waals surface area contributed by atoms with Crippen LogP contribution >= 0.6 is 0 Å². The van der Waals surface area contributed by atoms with Gasteiger partial charge in [0, 0.05) is 6.08 Å². The largest absolute Gasteiger partial charge is 0.443 e. The molecule has 0 heterocycles. The molecular weight excluding hydrogens is 152 g/mol. The Kier molecular flexibility index (Phi) is 3.56. The molecule has 2 nitrogen and oxygen atoms in total. The van der Waals surface area contributed by atoms with Crippen molar-refractivity contribution in [2.75, 3.05) is 0 Å². The van der Waals surface area contributed by atoms with E-state index < -0.39 is 11.6 Å². The van der Waals surface area contributed by atoms with Crippen LogP contribution < -0.4 is 0 Å². The zero-order chi connectivity index (χ0) is 9.78. The first-order valence-corrected chi connectivity index (χ1v) is 3.73. The second kappa shape index (κ2) is 3.96. The normalized spacial score (nSPS) is 9.92. The van der Waals surface area contributed by atoms with Crippen molar-refractivity contribution in [3.05, 3.63) is 11.6 Å². The van der Waals surface area contributed by atoms with Crippen LogP contribution in [0, 0.1) is 12.3 Å². The lowest BCUT2D eigenvalue weighted by Crippen LogP contribution is -2.24. The minimum atomic E-state index is -0.816. The van der Waals surface area contributed by atoms with Crippen LogP contribution in [0.2, 0.25) is 0 Å². The number of rotatable bonds is 2. The monoisotopic (exact) mass is 166 g/mol. The zero-order valence-corrected chi connectivity index (χ0v) is 7.97. The molecule has 0 fully saturated rings. The Morgan fingerprint density at radius 1 is 1.50 bits per heavy atom. The van der Waals surface area contributed by atoms with Crippen molar-refractivity contribution in [3.63, 3.8) is 0 Å². The van der Waals surface area contributed by atoms with E-state index in [-0.39, 0.29) is 0 Å². The number of terminal acetylenes is 1. The Labute approximate surface area is 73.6 Å². The molecule has 0 aliphatic rings. The summed E-state index contributed by atoms with van der Waals surface area (Å²) in [7, 11) is 0. The van der Waals surface area contributed by atoms with Crippen molar-refractivity contribution >= 4 is 5.97 Å². The van der Waals surface area contributed by atoms with Crippen molar-refractivity contribution in [1.29, 1.82) is 0 Å². The van der Waals surface area contributed by atoms with Crippen LogP contribution in [0.3, 0.4) is 0 Å². The van der Waals surface area contributed by atoms with Crippen molar-refractivity contribution in [1.82, 2.24) is 0 Å². The molecule has 0 spiro atoms. The van der Waals surface area contributed by atoms with E-state index in [1.54, 1.807) is 13.8 Å². The van der Waals surface area contributed by atoms with Crippen LogP contribution in [0.15, 0.2) is 11.6 Å². The molecule has 0 N–H and O–H groups in total. The molecule has 0 atom stereocenters. The van der Waals surface area contributed by atoms with Gasteiger partial charge in [0.05, 0.1) is 0 Å². The summed E-state index contributed by atoms with van der Waals surface area (Å²) in [6.07, 6.45) is 6.55. The Balaban J connectivity index is 4.23. The summed E-state index contributed by atoms with van der Waals surface area (Å²) < 4.78 is 4.95. The highest BCUT2D eigenvalue weighted by molar-refractivity contribution is 5.83. The van der Waals surface area contributed by atoms with Gasteiger partial charge in [-0.2, -0.15) is 0 Å². The van der Waals surface area contributed by atoms with Crippen LogP contribution in [0.4, 0.5) is 0 Å². The number of hydrogen-bond acceptors (Lipinski definition) is 2. The summed E-state index contributed by atoms with van der Waals surface area (Å²) in [4.78, 5) is 11.0. The molecule has 0 aliphatic carbocycles. The van der Waals surface area contributed by atoms with Crippen LogP contribution in [0.1, 0.15) is 27.7 Å². The maximum Gasteiger partial charge on any atom is 0.332 e. The standard InChI is InChI=1S/C10H14O2/c1-6-10(4,5)12-9(11)7-8(2)3/h1,7H,2-5H3. The van der Waals surface area contributed by atoms with Crippen LogP contribution in [-0.4, -0.2) is 11.6 Å². The number of esters is 1. The first kappa shape index (κ1) is 10.8. The second-order valence-electron chi connectivity index (χ2n) is 3.30. The predicted octanol–water partition coefficient (Wildman–Crippen LogP) is 1.91. The molecule has 0 amide bonds. The fourth-order valence-electron chi connectivity index (χ4n) is 0.546. The molecule has 66 valence electrons. The van der Waals surface area contributed by atoms with Gasteiger partial charge in [-0.05, 0) is 27.7 Å². The Bertz CT molecular complexity index is 237. The molecule has 0 aromatic rings. The highest BCUT2D eigenvalue weighted by atomic mass is 16.6. The van der Waals surface area contributed by atoms with Gasteiger partial charge in [0.2, 0.25) is 0 Å². The highest BCUT2D eigenvalue weighted by Gasteiger charge is 2.17. The van der Waals surface area contributed by atoms with E-state index in [0.717, 1.165) is 5.57 Å². The maximum absolute atomic E-state index is 11.0. The molecule has 0 rings (SSSR count). The smallest absolute Gasteiger partial charge is 0.332 e. The zero-order valence-electron chi connectivity index (χ0n) is 7.97. The van der Waals surface area contributed by atoms with E-state index >= 15 is 0 Å². The molecule has 0 radical (unpaired) electrons. The molecule has 0 bridgehead atoms. The Morgan fingerprint density at radius 3 is 2.33 bits per heavy atom. The van der Waals surface area contributed by atoms with E-state index in [9.17, 15) is 4.79 Å². The summed E-state index contributed by atoms with van der Waals surface area (Å²) in [5, 5.41) is 0. The van der Waals surface area contributed by atoms with Gasteiger partial charge in [-0.3, -0.25) is 0 Å². The first-order valence-electron chi connectivity index (χ1n) is 3.73. The lowest BCUT2D eigenvalue weighted by molar-refractivity contribution is -0.145. The minimum Gasteiger partial charge on any atom is -0.443 e. The third-order valence-corrected chi connectivity index (χ3v) is 1.11. The molecule has 0 unspecified atom stereocenters. The number of carbonyl (C=O) groups excluding carboxylic acids is 1. The quantitative estimate of drug-likeness (QED) is 0.356. The van der Waals surface area contributed by atoms with Crippen LogP contribution in [-0.2, 0) is 9.53 Å². The van der Waals surface area contributed by atoms with Gasteiger partial charge in [-0.1, -0.05) is 11.5 Å². The van der Waals surface area contributed by atoms with E-state index in [0.29, 0.717) is 0 Å². The number of carbonyl (C=O) groups is 1. The average Bonchev–Trinajstić information content (AvgIpc) is 1.84. The van der Waals surface area contributed by atoms with Gasteiger partial charge in [0.25, 0.3) is 0 Å². The van der Waals surface area contributed by atoms with Gasteiger partial charge in [0.15, 0.2) is 5.60 Å². The second-order valence-corrected chi connectivity index (χ2v) is 3.30. The van der Waals surface area contributed by atoms with Crippen LogP contribution in [0.5, 0.6) is 0 Å². The Hall–Kier alpha value is -1.23. The Morgan fingerprint density at radius 2 is 2.00 bits per heavy atom. The van der Waals surface area contributed by atoms with E-state index in [4.69, 9.17) is 11.2 Å². The highest BCUT2D eigenvalue weighted by Crippen LogP contribution is 2.07. The van der Waals surface area contributed by atoms with Crippen molar-refractivity contribution in [2.24, 2.45) is 0 Å². The van der Waals surface area contributed by atoms with Crippen LogP contribution in [0.25, 0.3) is 0 Å². The molecule has 0 aromatic heterocycles. The summed E-state index contributed by atoms with van der Waals surface area (Å²) in [6.45, 7) is 6.99. The third kappa shape index (κ3) is 4.56. The van der Waals surface area contributed by atoms with Crippen molar-refractivity contribution in [3.8, 4) is 12.3 Å². The first-order chi connectivity index (χ1) is 5.37. The molecule has 0 aromatic carbocycles. The summed E-state index contributed by atoms with van der Waals surface area (Å²) in [6, 6.07) is 0. The van der Waals surface area contributed by atoms with E-state index in [1.807, 2.05) is 13.8 Å². The fraction of sp³-hybridized carbons (Fsp3) is 0.500. The minimum absolute atomic E-state index is 0.391. The van der Waals surface area contributed by atoms with Gasteiger partial charge >= 0.3 is 5.97 Å². The molecular formula is C10H14O2. The van der Waals surface area contributed by atoms with Crippen molar-refractivity contribution in [2.45, 2.75) is 33.3 Å². The molecule has 2 heteroatoms. The van der Waals surface area contributed by atoms with Gasteiger partial charge in [-0.15, -0.1) is 6.42 Å². The molecule has 12 heavy (non-hydrogen) atoms. The number of allylic oxidation sites excluding steroid dienone is 1. The van der Waals surface area contributed by atoms with Gasteiger partial charge < -0.3 is 4.74 Å². The SMILES string of the molecule is C#CC(C)(C)OC(=O)C=C(C)C. The number of ether oxygens (including phenoxy) is 1. The predicted molar refractivity (Wildman–Crippen MR) is 48.4 cm³/mol. The lowest BCUT2D eigenvalue weighted by atomic mass is 10.1.